The van der Waals surface area contributed by atoms with Crippen LogP contribution in [0.2, 0.25) is 0 Å². The number of nitrogens with zero attached hydrogens (tertiary/aromatic N) is 5. The standard InChI is InChI=1S/C21H28FN5OS/c1-24-11-7-19(23-28)21-20(29-24)8-12-27(21)10-2-9-25-13-15-26(16-14-25)18-5-3-17(22)4-6-18/h3-6,8,12,28H,2,7,9-11,13-16H2,1H3/b23-19+. The van der Waals surface area contributed by atoms with Gasteiger partial charge in [-0.3, -0.25) is 4.90 Å². The predicted octanol–water partition coefficient (Wildman–Crippen LogP) is 3.36. The Balaban J connectivity index is 1.29. The minimum absolute atomic E-state index is 0.185. The van der Waals surface area contributed by atoms with Gasteiger partial charge in [0.1, 0.15) is 11.5 Å². The van der Waals surface area contributed by atoms with E-state index in [0.717, 1.165) is 80.6 Å². The van der Waals surface area contributed by atoms with Crippen LogP contribution in [0.4, 0.5) is 10.1 Å². The van der Waals surface area contributed by atoms with Crippen molar-refractivity contribution in [1.29, 1.82) is 0 Å². The van der Waals surface area contributed by atoms with Crippen LogP contribution in [0.25, 0.3) is 0 Å². The van der Waals surface area contributed by atoms with Crippen molar-refractivity contribution in [3.05, 3.63) is 48.0 Å². The molecule has 29 heavy (non-hydrogen) atoms. The van der Waals surface area contributed by atoms with E-state index < -0.39 is 0 Å². The van der Waals surface area contributed by atoms with Crippen molar-refractivity contribution in [1.82, 2.24) is 13.8 Å². The maximum absolute atomic E-state index is 13.1. The van der Waals surface area contributed by atoms with Gasteiger partial charge in [0.05, 0.1) is 10.6 Å². The Kier molecular flexibility index (Phi) is 6.42. The number of piperazine rings is 1. The summed E-state index contributed by atoms with van der Waals surface area (Å²) in [6, 6.07) is 8.90. The van der Waals surface area contributed by atoms with Gasteiger partial charge in [0, 0.05) is 57.6 Å². The van der Waals surface area contributed by atoms with E-state index in [1.54, 1.807) is 11.9 Å². The lowest BCUT2D eigenvalue weighted by molar-refractivity contribution is 0.250. The van der Waals surface area contributed by atoms with E-state index in [1.807, 2.05) is 12.1 Å². The molecule has 4 rings (SSSR count). The Hall–Kier alpha value is -2.03. The number of halogens is 1. The van der Waals surface area contributed by atoms with Crippen molar-refractivity contribution in [2.45, 2.75) is 24.3 Å². The first kappa shape index (κ1) is 20.3. The van der Waals surface area contributed by atoms with Gasteiger partial charge in [0.2, 0.25) is 0 Å². The molecule has 1 aromatic carbocycles. The van der Waals surface area contributed by atoms with Crippen molar-refractivity contribution in [2.75, 3.05) is 51.2 Å². The Morgan fingerprint density at radius 3 is 2.52 bits per heavy atom. The Morgan fingerprint density at radius 2 is 1.79 bits per heavy atom. The minimum Gasteiger partial charge on any atom is -0.411 e. The van der Waals surface area contributed by atoms with Crippen molar-refractivity contribution < 1.29 is 9.60 Å². The van der Waals surface area contributed by atoms with Gasteiger partial charge in [0.15, 0.2) is 0 Å². The van der Waals surface area contributed by atoms with E-state index in [2.05, 4.69) is 43.1 Å². The molecule has 6 nitrogen and oxygen atoms in total. The van der Waals surface area contributed by atoms with Gasteiger partial charge in [0.25, 0.3) is 0 Å². The molecule has 1 N–H and O–H groups in total. The van der Waals surface area contributed by atoms with Crippen LogP contribution in [0.3, 0.4) is 0 Å². The van der Waals surface area contributed by atoms with Crippen molar-refractivity contribution in [2.24, 2.45) is 5.16 Å². The summed E-state index contributed by atoms with van der Waals surface area (Å²) in [5.74, 6) is -0.185. The number of fused-ring (bicyclic) bond motifs is 1. The van der Waals surface area contributed by atoms with Crippen LogP contribution in [0.15, 0.2) is 46.6 Å². The monoisotopic (exact) mass is 417 g/mol. The molecular formula is C21H28FN5OS. The van der Waals surface area contributed by atoms with Crippen LogP contribution < -0.4 is 4.90 Å². The number of benzene rings is 1. The van der Waals surface area contributed by atoms with E-state index in [1.165, 1.54) is 12.1 Å². The second kappa shape index (κ2) is 9.19. The van der Waals surface area contributed by atoms with Crippen LogP contribution in [-0.4, -0.2) is 71.0 Å². The lowest BCUT2D eigenvalue weighted by atomic mass is 10.2. The average Bonchev–Trinajstić information content (AvgIpc) is 3.04. The molecule has 2 aliphatic rings. The van der Waals surface area contributed by atoms with Gasteiger partial charge in [-0.2, -0.15) is 0 Å². The highest BCUT2D eigenvalue weighted by molar-refractivity contribution is 7.97. The second-order valence-corrected chi connectivity index (χ2v) is 8.87. The van der Waals surface area contributed by atoms with Gasteiger partial charge >= 0.3 is 0 Å². The summed E-state index contributed by atoms with van der Waals surface area (Å²) in [4.78, 5) is 5.97. The number of aromatic nitrogens is 1. The van der Waals surface area contributed by atoms with Crippen LogP contribution in [0, 0.1) is 5.82 Å². The van der Waals surface area contributed by atoms with E-state index >= 15 is 0 Å². The molecule has 0 atom stereocenters. The second-order valence-electron chi connectivity index (χ2n) is 7.62. The fraction of sp³-hybridized carbons (Fsp3) is 0.476. The van der Waals surface area contributed by atoms with Crippen LogP contribution in [0.1, 0.15) is 18.5 Å². The van der Waals surface area contributed by atoms with Crippen molar-refractivity contribution in [3.63, 3.8) is 0 Å². The molecule has 8 heteroatoms. The molecular weight excluding hydrogens is 389 g/mol. The van der Waals surface area contributed by atoms with E-state index in [0.29, 0.717) is 0 Å². The molecule has 1 fully saturated rings. The molecule has 3 heterocycles. The zero-order valence-electron chi connectivity index (χ0n) is 16.8. The number of rotatable bonds is 5. The molecule has 156 valence electrons. The van der Waals surface area contributed by atoms with Crippen LogP contribution >= 0.6 is 11.9 Å². The number of anilines is 1. The fourth-order valence-electron chi connectivity index (χ4n) is 4.06. The van der Waals surface area contributed by atoms with Crippen molar-refractivity contribution in [3.8, 4) is 0 Å². The fourth-order valence-corrected chi connectivity index (χ4v) is 5.02. The van der Waals surface area contributed by atoms with E-state index in [-0.39, 0.29) is 5.82 Å². The molecule has 2 aromatic rings. The summed E-state index contributed by atoms with van der Waals surface area (Å²) in [5.41, 5.74) is 2.93. The van der Waals surface area contributed by atoms with Gasteiger partial charge in [-0.15, -0.1) is 0 Å². The molecule has 1 saturated heterocycles. The zero-order valence-corrected chi connectivity index (χ0v) is 17.6. The quantitative estimate of drug-likeness (QED) is 0.459. The highest BCUT2D eigenvalue weighted by Crippen LogP contribution is 2.31. The normalized spacial score (nSPS) is 20.1. The number of aryl methyl sites for hydroxylation is 1. The first-order valence-electron chi connectivity index (χ1n) is 10.2. The molecule has 0 radical (unpaired) electrons. The Morgan fingerprint density at radius 1 is 1.03 bits per heavy atom. The highest BCUT2D eigenvalue weighted by atomic mass is 32.2. The third kappa shape index (κ3) is 4.76. The van der Waals surface area contributed by atoms with Gasteiger partial charge in [-0.25, -0.2) is 8.70 Å². The molecule has 1 aromatic heterocycles. The van der Waals surface area contributed by atoms with E-state index in [4.69, 9.17) is 0 Å². The maximum Gasteiger partial charge on any atom is 0.123 e. The topological polar surface area (TPSA) is 47.2 Å². The molecule has 2 aliphatic heterocycles. The summed E-state index contributed by atoms with van der Waals surface area (Å²) in [6.45, 7) is 6.80. The lowest BCUT2D eigenvalue weighted by Gasteiger charge is -2.36. The zero-order chi connectivity index (χ0) is 20.2. The smallest absolute Gasteiger partial charge is 0.123 e. The molecule has 0 unspecified atom stereocenters. The Labute approximate surface area is 175 Å². The van der Waals surface area contributed by atoms with Gasteiger partial charge < -0.3 is 14.7 Å². The number of hydrogen-bond donors (Lipinski definition) is 1. The molecule has 0 spiro atoms. The summed E-state index contributed by atoms with van der Waals surface area (Å²) >= 11 is 1.71. The average molecular weight is 418 g/mol. The summed E-state index contributed by atoms with van der Waals surface area (Å²) < 4.78 is 17.5. The SMILES string of the molecule is CN1CC/C(=N\O)c2c(ccn2CCCN2CCN(c3ccc(F)cc3)CC2)S1. The minimum atomic E-state index is -0.185. The number of oxime groups is 1. The molecule has 0 bridgehead atoms. The third-order valence-corrected chi connectivity index (χ3v) is 6.70. The van der Waals surface area contributed by atoms with Gasteiger partial charge in [-0.1, -0.05) is 5.16 Å². The molecule has 0 amide bonds. The van der Waals surface area contributed by atoms with Gasteiger partial charge in [-0.05, 0) is 62.3 Å². The maximum atomic E-state index is 13.1. The van der Waals surface area contributed by atoms with Crippen LogP contribution in [0.5, 0.6) is 0 Å². The first-order valence-corrected chi connectivity index (χ1v) is 10.9. The predicted molar refractivity (Wildman–Crippen MR) is 116 cm³/mol. The lowest BCUT2D eigenvalue weighted by Crippen LogP contribution is -2.46. The third-order valence-electron chi connectivity index (χ3n) is 5.68. The van der Waals surface area contributed by atoms with Crippen molar-refractivity contribution >= 4 is 23.3 Å². The summed E-state index contributed by atoms with van der Waals surface area (Å²) in [5, 5.41) is 13.0. The van der Waals surface area contributed by atoms with Crippen LogP contribution in [-0.2, 0) is 6.54 Å². The largest absolute Gasteiger partial charge is 0.411 e. The number of hydrogen-bond acceptors (Lipinski definition) is 6. The molecule has 0 saturated carbocycles. The first-order chi connectivity index (χ1) is 14.1. The molecule has 0 aliphatic carbocycles. The Bertz CT molecular complexity index is 845. The highest BCUT2D eigenvalue weighted by Gasteiger charge is 2.22. The summed E-state index contributed by atoms with van der Waals surface area (Å²) in [7, 11) is 2.07. The van der Waals surface area contributed by atoms with E-state index in [9.17, 15) is 9.60 Å². The summed E-state index contributed by atoms with van der Waals surface area (Å²) in [6.07, 6.45) is 3.91.